The van der Waals surface area contributed by atoms with Crippen molar-refractivity contribution in [1.29, 1.82) is 0 Å². The minimum absolute atomic E-state index is 0. The summed E-state index contributed by atoms with van der Waals surface area (Å²) in [4.78, 5) is 19.6. The lowest BCUT2D eigenvalue weighted by molar-refractivity contribution is 0.0996. The van der Waals surface area contributed by atoms with Crippen LogP contribution in [0.25, 0.3) is 11.3 Å². The summed E-state index contributed by atoms with van der Waals surface area (Å²) in [5, 5.41) is 3.34. The maximum absolute atomic E-state index is 13.4. The van der Waals surface area contributed by atoms with E-state index in [2.05, 4.69) is 34.6 Å². The molecule has 0 bridgehead atoms. The molecular weight excluding hydrogens is 447 g/mol. The van der Waals surface area contributed by atoms with Crippen molar-refractivity contribution in [1.82, 2.24) is 14.9 Å². The molecule has 2 aliphatic rings. The van der Waals surface area contributed by atoms with Crippen LogP contribution in [0, 0.1) is 6.92 Å². The second-order valence-electron chi connectivity index (χ2n) is 7.69. The third-order valence-electron chi connectivity index (χ3n) is 5.81. The molecule has 5 rings (SSSR count). The standard InChI is InChI=1S/C24H24N4O2.2ClH/c1-16-13-27(15-26-16)21-7-6-19(12-22(21)30-2)28-14-18-4-3-5-20(23(18)24(28)29)17-8-10-25-11-9-17;;/h3-8,12-13,15,25H,9-11,14H2,1-2H3;2*1H. The molecule has 0 atom stereocenters. The molecular formula is C24H26Cl2N4O2. The molecule has 168 valence electrons. The second-order valence-corrected chi connectivity index (χ2v) is 7.69. The lowest BCUT2D eigenvalue weighted by Gasteiger charge is -2.19. The Bertz CT molecular complexity index is 1170. The lowest BCUT2D eigenvalue weighted by atomic mass is 9.93. The molecule has 3 aromatic rings. The van der Waals surface area contributed by atoms with Gasteiger partial charge in [-0.15, -0.1) is 24.8 Å². The van der Waals surface area contributed by atoms with E-state index in [-0.39, 0.29) is 30.7 Å². The molecule has 0 saturated heterocycles. The van der Waals surface area contributed by atoms with Crippen LogP contribution in [0.4, 0.5) is 5.69 Å². The van der Waals surface area contributed by atoms with Gasteiger partial charge in [0.15, 0.2) is 0 Å². The van der Waals surface area contributed by atoms with Crippen molar-refractivity contribution < 1.29 is 9.53 Å². The highest BCUT2D eigenvalue weighted by Crippen LogP contribution is 2.36. The van der Waals surface area contributed by atoms with E-state index in [0.717, 1.165) is 53.3 Å². The first-order valence-electron chi connectivity index (χ1n) is 10.2. The Morgan fingerprint density at radius 3 is 2.69 bits per heavy atom. The van der Waals surface area contributed by atoms with E-state index < -0.39 is 0 Å². The minimum atomic E-state index is 0. The number of amides is 1. The van der Waals surface area contributed by atoms with Crippen LogP contribution in [0.5, 0.6) is 5.75 Å². The number of fused-ring (bicyclic) bond motifs is 1. The fourth-order valence-corrected chi connectivity index (χ4v) is 4.31. The SMILES string of the molecule is COc1cc(N2Cc3cccc(C4=CCNCC4)c3C2=O)ccc1-n1cnc(C)c1.Cl.Cl. The van der Waals surface area contributed by atoms with E-state index in [1.165, 1.54) is 5.57 Å². The molecule has 0 saturated carbocycles. The van der Waals surface area contributed by atoms with Gasteiger partial charge >= 0.3 is 0 Å². The summed E-state index contributed by atoms with van der Waals surface area (Å²) in [7, 11) is 1.65. The monoisotopic (exact) mass is 472 g/mol. The molecule has 1 N–H and O–H groups in total. The number of rotatable bonds is 4. The number of carbonyl (C=O) groups excluding carboxylic acids is 1. The van der Waals surface area contributed by atoms with E-state index in [4.69, 9.17) is 4.74 Å². The first-order chi connectivity index (χ1) is 14.7. The molecule has 0 radical (unpaired) electrons. The smallest absolute Gasteiger partial charge is 0.259 e. The van der Waals surface area contributed by atoms with E-state index in [1.807, 2.05) is 40.8 Å². The van der Waals surface area contributed by atoms with Crippen molar-refractivity contribution in [3.8, 4) is 11.4 Å². The fraction of sp³-hybridized carbons (Fsp3) is 0.250. The maximum atomic E-state index is 13.4. The van der Waals surface area contributed by atoms with E-state index in [9.17, 15) is 4.79 Å². The molecule has 0 unspecified atom stereocenters. The number of aromatic nitrogens is 2. The average molecular weight is 473 g/mol. The number of aryl methyl sites for hydroxylation is 1. The van der Waals surface area contributed by atoms with Gasteiger partial charge < -0.3 is 19.5 Å². The zero-order valence-corrected chi connectivity index (χ0v) is 19.6. The number of methoxy groups -OCH3 is 1. The van der Waals surface area contributed by atoms with E-state index in [0.29, 0.717) is 12.3 Å². The van der Waals surface area contributed by atoms with Crippen LogP contribution >= 0.6 is 24.8 Å². The Kier molecular flexibility index (Phi) is 7.29. The van der Waals surface area contributed by atoms with Gasteiger partial charge in [0.1, 0.15) is 5.75 Å². The number of anilines is 1. The highest BCUT2D eigenvalue weighted by Gasteiger charge is 2.32. The largest absolute Gasteiger partial charge is 0.494 e. The van der Waals surface area contributed by atoms with Crippen molar-refractivity contribution in [2.24, 2.45) is 0 Å². The number of carbonyl (C=O) groups is 1. The zero-order chi connectivity index (χ0) is 20.7. The van der Waals surface area contributed by atoms with Gasteiger partial charge in [0.05, 0.1) is 36.9 Å². The second kappa shape index (κ2) is 9.77. The lowest BCUT2D eigenvalue weighted by Crippen LogP contribution is -2.24. The molecule has 2 aromatic carbocycles. The normalized spacial score (nSPS) is 14.9. The Hall–Kier alpha value is -2.80. The van der Waals surface area contributed by atoms with Gasteiger partial charge in [-0.05, 0) is 48.7 Å². The molecule has 1 amide bonds. The number of nitrogens with zero attached hydrogens (tertiary/aromatic N) is 3. The Balaban J connectivity index is 0.00000144. The number of hydrogen-bond donors (Lipinski definition) is 1. The van der Waals surface area contributed by atoms with Crippen molar-refractivity contribution >= 4 is 42.0 Å². The van der Waals surface area contributed by atoms with Crippen molar-refractivity contribution in [3.05, 3.63) is 77.4 Å². The summed E-state index contributed by atoms with van der Waals surface area (Å²) >= 11 is 0. The van der Waals surface area contributed by atoms with Crippen LogP contribution in [-0.4, -0.2) is 35.7 Å². The van der Waals surface area contributed by atoms with Crippen LogP contribution in [0.2, 0.25) is 0 Å². The highest BCUT2D eigenvalue weighted by molar-refractivity contribution is 6.13. The van der Waals surface area contributed by atoms with Gasteiger partial charge in [-0.3, -0.25) is 4.79 Å². The van der Waals surface area contributed by atoms with Gasteiger partial charge in [-0.1, -0.05) is 24.3 Å². The number of ether oxygens (including phenoxy) is 1. The predicted octanol–water partition coefficient (Wildman–Crippen LogP) is 4.57. The first kappa shape index (κ1) is 23.9. The third-order valence-corrected chi connectivity index (χ3v) is 5.81. The van der Waals surface area contributed by atoms with Gasteiger partial charge in [-0.25, -0.2) is 4.98 Å². The molecule has 0 spiro atoms. The quantitative estimate of drug-likeness (QED) is 0.603. The third kappa shape index (κ3) is 4.13. The predicted molar refractivity (Wildman–Crippen MR) is 132 cm³/mol. The molecule has 8 heteroatoms. The van der Waals surface area contributed by atoms with E-state index in [1.54, 1.807) is 13.4 Å². The Morgan fingerprint density at radius 2 is 2.00 bits per heavy atom. The molecule has 2 aliphatic heterocycles. The van der Waals surface area contributed by atoms with Crippen LogP contribution in [0.15, 0.2) is 55.0 Å². The molecule has 0 fully saturated rings. The number of nitrogens with one attached hydrogen (secondary N) is 1. The molecule has 1 aromatic heterocycles. The maximum Gasteiger partial charge on any atom is 0.259 e. The Morgan fingerprint density at radius 1 is 1.16 bits per heavy atom. The van der Waals surface area contributed by atoms with Gasteiger partial charge in [0.2, 0.25) is 0 Å². The topological polar surface area (TPSA) is 59.4 Å². The summed E-state index contributed by atoms with van der Waals surface area (Å²) in [6.07, 6.45) is 6.85. The molecule has 0 aliphatic carbocycles. The molecule has 6 nitrogen and oxygen atoms in total. The summed E-state index contributed by atoms with van der Waals surface area (Å²) in [5.74, 6) is 0.753. The number of benzene rings is 2. The van der Waals surface area contributed by atoms with Crippen molar-refractivity contribution in [2.45, 2.75) is 19.9 Å². The number of imidazole rings is 1. The van der Waals surface area contributed by atoms with Gasteiger partial charge in [-0.2, -0.15) is 0 Å². The fourth-order valence-electron chi connectivity index (χ4n) is 4.31. The van der Waals surface area contributed by atoms with Crippen LogP contribution in [-0.2, 0) is 6.54 Å². The van der Waals surface area contributed by atoms with Crippen LogP contribution < -0.4 is 15.0 Å². The van der Waals surface area contributed by atoms with Crippen molar-refractivity contribution in [3.63, 3.8) is 0 Å². The van der Waals surface area contributed by atoms with Gasteiger partial charge in [0, 0.05) is 24.5 Å². The van der Waals surface area contributed by atoms with Crippen LogP contribution in [0.1, 0.15) is 33.6 Å². The molecule has 3 heterocycles. The summed E-state index contributed by atoms with van der Waals surface area (Å²) < 4.78 is 7.57. The van der Waals surface area contributed by atoms with Gasteiger partial charge in [0.25, 0.3) is 5.91 Å². The minimum Gasteiger partial charge on any atom is -0.494 e. The van der Waals surface area contributed by atoms with Crippen molar-refractivity contribution in [2.75, 3.05) is 25.1 Å². The first-order valence-corrected chi connectivity index (χ1v) is 10.2. The number of hydrogen-bond acceptors (Lipinski definition) is 4. The summed E-state index contributed by atoms with van der Waals surface area (Å²) in [6, 6.07) is 12.1. The number of halogens is 2. The van der Waals surface area contributed by atoms with Crippen LogP contribution in [0.3, 0.4) is 0 Å². The average Bonchev–Trinajstić information content (AvgIpc) is 3.37. The highest BCUT2D eigenvalue weighted by atomic mass is 35.5. The van der Waals surface area contributed by atoms with E-state index >= 15 is 0 Å². The molecule has 32 heavy (non-hydrogen) atoms. The summed E-state index contributed by atoms with van der Waals surface area (Å²) in [5.41, 5.74) is 6.89. The Labute approximate surface area is 200 Å². The summed E-state index contributed by atoms with van der Waals surface area (Å²) in [6.45, 7) is 4.32. The zero-order valence-electron chi connectivity index (χ0n) is 18.0.